The van der Waals surface area contributed by atoms with Gasteiger partial charge in [-0.2, -0.15) is 5.10 Å². The smallest absolute Gasteiger partial charge is 0.316 e. The van der Waals surface area contributed by atoms with E-state index in [1.165, 1.54) is 13.2 Å². The number of hydrogen-bond acceptors (Lipinski definition) is 5. The normalized spacial score (nSPS) is 9.93. The van der Waals surface area contributed by atoms with Gasteiger partial charge in [0.1, 0.15) is 0 Å². The topological polar surface area (TPSA) is 80.8 Å². The average molecular weight is 204 g/mol. The van der Waals surface area contributed by atoms with Gasteiger partial charge in [-0.1, -0.05) is 0 Å². The molecule has 0 aromatic carbocycles. The lowest BCUT2D eigenvalue weighted by molar-refractivity contribution is 0.380. The highest BCUT2D eigenvalue weighted by atomic mass is 16.5. The lowest BCUT2D eigenvalue weighted by atomic mass is 10.2. The van der Waals surface area contributed by atoms with E-state index in [1.807, 2.05) is 0 Å². The van der Waals surface area contributed by atoms with Crippen LogP contribution in [-0.4, -0.2) is 27.3 Å². The lowest BCUT2D eigenvalue weighted by Crippen LogP contribution is -2.05. The SMILES string of the molecule is COc1ncc(-c2ccc(=O)[nH]n2)cn1. The minimum Gasteiger partial charge on any atom is -0.467 e. The van der Waals surface area contributed by atoms with Crippen LogP contribution in [0.1, 0.15) is 0 Å². The van der Waals surface area contributed by atoms with Gasteiger partial charge < -0.3 is 4.74 Å². The summed E-state index contributed by atoms with van der Waals surface area (Å²) in [5.41, 5.74) is 1.08. The van der Waals surface area contributed by atoms with Gasteiger partial charge in [-0.3, -0.25) is 4.79 Å². The van der Waals surface area contributed by atoms with Crippen LogP contribution in [0.3, 0.4) is 0 Å². The fraction of sp³-hybridized carbons (Fsp3) is 0.111. The Labute approximate surface area is 85.0 Å². The van der Waals surface area contributed by atoms with Crippen molar-refractivity contribution in [3.05, 3.63) is 34.9 Å². The van der Waals surface area contributed by atoms with Crippen LogP contribution in [0.2, 0.25) is 0 Å². The van der Waals surface area contributed by atoms with Crippen LogP contribution in [0.4, 0.5) is 0 Å². The fourth-order valence-electron chi connectivity index (χ4n) is 1.06. The molecule has 0 saturated heterocycles. The monoisotopic (exact) mass is 204 g/mol. The maximum Gasteiger partial charge on any atom is 0.316 e. The Hall–Kier alpha value is -2.24. The highest BCUT2D eigenvalue weighted by molar-refractivity contribution is 5.55. The van der Waals surface area contributed by atoms with Crippen LogP contribution in [0, 0.1) is 0 Å². The molecule has 2 rings (SSSR count). The molecule has 0 unspecified atom stereocenters. The molecule has 0 bridgehead atoms. The van der Waals surface area contributed by atoms with Gasteiger partial charge in [-0.05, 0) is 6.07 Å². The van der Waals surface area contributed by atoms with E-state index in [-0.39, 0.29) is 5.56 Å². The zero-order chi connectivity index (χ0) is 10.7. The molecule has 0 radical (unpaired) electrons. The van der Waals surface area contributed by atoms with Gasteiger partial charge in [0.2, 0.25) is 0 Å². The van der Waals surface area contributed by atoms with Crippen molar-refractivity contribution >= 4 is 0 Å². The van der Waals surface area contributed by atoms with E-state index >= 15 is 0 Å². The second kappa shape index (κ2) is 3.87. The number of methoxy groups -OCH3 is 1. The van der Waals surface area contributed by atoms with Crippen molar-refractivity contribution in [1.82, 2.24) is 20.2 Å². The number of hydrogen-bond donors (Lipinski definition) is 1. The molecule has 0 fully saturated rings. The number of aromatic nitrogens is 4. The summed E-state index contributed by atoms with van der Waals surface area (Å²) in [6.45, 7) is 0. The van der Waals surface area contributed by atoms with Crippen molar-refractivity contribution in [1.29, 1.82) is 0 Å². The maximum absolute atomic E-state index is 10.8. The zero-order valence-electron chi connectivity index (χ0n) is 7.97. The molecule has 0 spiro atoms. The predicted molar refractivity (Wildman–Crippen MR) is 52.4 cm³/mol. The highest BCUT2D eigenvalue weighted by Gasteiger charge is 2.01. The molecule has 76 valence electrons. The molecule has 6 heteroatoms. The third kappa shape index (κ3) is 1.98. The first-order chi connectivity index (χ1) is 7.29. The van der Waals surface area contributed by atoms with Crippen LogP contribution in [0.5, 0.6) is 6.01 Å². The van der Waals surface area contributed by atoms with E-state index in [2.05, 4.69) is 20.2 Å². The van der Waals surface area contributed by atoms with Gasteiger partial charge >= 0.3 is 6.01 Å². The summed E-state index contributed by atoms with van der Waals surface area (Å²) in [6, 6.07) is 3.29. The molecule has 0 atom stereocenters. The molecule has 1 N–H and O–H groups in total. The molecule has 6 nitrogen and oxygen atoms in total. The number of nitrogens with one attached hydrogen (secondary N) is 1. The van der Waals surface area contributed by atoms with Gasteiger partial charge in [-0.25, -0.2) is 15.1 Å². The molecular formula is C9H8N4O2. The Kier molecular flexibility index (Phi) is 2.40. The minimum atomic E-state index is -0.242. The molecule has 0 aliphatic carbocycles. The van der Waals surface area contributed by atoms with Gasteiger partial charge in [0.05, 0.1) is 12.8 Å². The standard InChI is InChI=1S/C9H8N4O2/c1-15-9-10-4-6(5-11-9)7-2-3-8(14)13-12-7/h2-5H,1H3,(H,13,14). The number of H-pyrrole nitrogens is 1. The molecule has 15 heavy (non-hydrogen) atoms. The summed E-state index contributed by atoms with van der Waals surface area (Å²) >= 11 is 0. The first-order valence-electron chi connectivity index (χ1n) is 4.22. The second-order valence-corrected chi connectivity index (χ2v) is 2.76. The van der Waals surface area contributed by atoms with Crippen LogP contribution in [0.15, 0.2) is 29.3 Å². The van der Waals surface area contributed by atoms with Crippen molar-refractivity contribution in [2.75, 3.05) is 7.11 Å². The minimum absolute atomic E-state index is 0.242. The summed E-state index contributed by atoms with van der Waals surface area (Å²) in [5.74, 6) is 0. The van der Waals surface area contributed by atoms with Gasteiger partial charge in [0, 0.05) is 24.0 Å². The lowest BCUT2D eigenvalue weighted by Gasteiger charge is -1.99. The van der Waals surface area contributed by atoms with Gasteiger partial charge in [-0.15, -0.1) is 0 Å². The van der Waals surface area contributed by atoms with Gasteiger partial charge in [0.15, 0.2) is 0 Å². The van der Waals surface area contributed by atoms with Crippen molar-refractivity contribution in [3.8, 4) is 17.3 Å². The molecule has 0 saturated carbocycles. The molecule has 2 heterocycles. The van der Waals surface area contributed by atoms with Gasteiger partial charge in [0.25, 0.3) is 5.56 Å². The molecule has 0 amide bonds. The van der Waals surface area contributed by atoms with Crippen molar-refractivity contribution < 1.29 is 4.74 Å². The number of rotatable bonds is 2. The Morgan fingerprint density at radius 3 is 2.53 bits per heavy atom. The number of nitrogens with zero attached hydrogens (tertiary/aromatic N) is 3. The highest BCUT2D eigenvalue weighted by Crippen LogP contribution is 2.13. The summed E-state index contributed by atoms with van der Waals surface area (Å²) in [6.07, 6.45) is 3.15. The Balaban J connectivity index is 2.37. The average Bonchev–Trinajstić information content (AvgIpc) is 2.30. The van der Waals surface area contributed by atoms with E-state index in [9.17, 15) is 4.79 Å². The fourth-order valence-corrected chi connectivity index (χ4v) is 1.06. The summed E-state index contributed by atoms with van der Waals surface area (Å²) in [5, 5.41) is 6.18. The van der Waals surface area contributed by atoms with Crippen LogP contribution in [0.25, 0.3) is 11.3 Å². The molecule has 2 aromatic heterocycles. The van der Waals surface area contributed by atoms with Crippen molar-refractivity contribution in [3.63, 3.8) is 0 Å². The molecule has 0 aliphatic rings. The Morgan fingerprint density at radius 2 is 2.00 bits per heavy atom. The molecule has 0 aliphatic heterocycles. The Bertz CT molecular complexity index is 486. The van der Waals surface area contributed by atoms with Crippen molar-refractivity contribution in [2.45, 2.75) is 0 Å². The van der Waals surface area contributed by atoms with E-state index in [0.29, 0.717) is 17.3 Å². The van der Waals surface area contributed by atoms with Crippen LogP contribution in [-0.2, 0) is 0 Å². The molecular weight excluding hydrogens is 196 g/mol. The van der Waals surface area contributed by atoms with Crippen molar-refractivity contribution in [2.24, 2.45) is 0 Å². The first-order valence-corrected chi connectivity index (χ1v) is 4.22. The third-order valence-electron chi connectivity index (χ3n) is 1.79. The Morgan fingerprint density at radius 1 is 1.27 bits per heavy atom. The van der Waals surface area contributed by atoms with E-state index in [4.69, 9.17) is 4.74 Å². The summed E-state index contributed by atoms with van der Waals surface area (Å²) < 4.78 is 4.82. The van der Waals surface area contributed by atoms with E-state index in [1.54, 1.807) is 18.5 Å². The van der Waals surface area contributed by atoms with Crippen LogP contribution >= 0.6 is 0 Å². The number of aromatic amines is 1. The third-order valence-corrected chi connectivity index (χ3v) is 1.79. The predicted octanol–water partition coefficient (Wildman–Crippen LogP) is 0.235. The quantitative estimate of drug-likeness (QED) is 0.757. The van der Waals surface area contributed by atoms with Crippen LogP contribution < -0.4 is 10.3 Å². The van der Waals surface area contributed by atoms with E-state index in [0.717, 1.165) is 0 Å². The molecule has 2 aromatic rings. The summed E-state index contributed by atoms with van der Waals surface area (Å²) in [4.78, 5) is 18.6. The largest absolute Gasteiger partial charge is 0.467 e. The summed E-state index contributed by atoms with van der Waals surface area (Å²) in [7, 11) is 1.49. The van der Waals surface area contributed by atoms with E-state index < -0.39 is 0 Å². The first kappa shape index (κ1) is 9.32. The zero-order valence-corrected chi connectivity index (χ0v) is 7.97. The second-order valence-electron chi connectivity index (χ2n) is 2.76. The number of ether oxygens (including phenoxy) is 1. The maximum atomic E-state index is 10.8.